The van der Waals surface area contributed by atoms with Crippen LogP contribution in [0.25, 0.3) is 0 Å². The SMILES string of the molecule is O=C([O-])c1cc(N/N=C\c2cccc(OCc3ccc(F)cc3)c2)ccc1Cl. The Morgan fingerprint density at radius 3 is 2.68 bits per heavy atom. The van der Waals surface area contributed by atoms with E-state index in [9.17, 15) is 14.3 Å². The number of hydrogen-bond acceptors (Lipinski definition) is 5. The number of anilines is 1. The van der Waals surface area contributed by atoms with Gasteiger partial charge in [0, 0.05) is 10.6 Å². The molecule has 7 heteroatoms. The minimum Gasteiger partial charge on any atom is -0.545 e. The number of aromatic carboxylic acids is 1. The fourth-order valence-corrected chi connectivity index (χ4v) is 2.56. The average Bonchev–Trinajstić information content (AvgIpc) is 2.69. The minimum atomic E-state index is -1.36. The van der Waals surface area contributed by atoms with Crippen molar-refractivity contribution in [1.82, 2.24) is 0 Å². The summed E-state index contributed by atoms with van der Waals surface area (Å²) in [6.45, 7) is 0.315. The number of carboxylic acids is 1. The molecule has 5 nitrogen and oxygen atoms in total. The fraction of sp³-hybridized carbons (Fsp3) is 0.0476. The van der Waals surface area contributed by atoms with Crippen LogP contribution < -0.4 is 15.3 Å². The smallest absolute Gasteiger partial charge is 0.123 e. The second-order valence-corrected chi connectivity index (χ2v) is 6.25. The quantitative estimate of drug-likeness (QED) is 0.485. The summed E-state index contributed by atoms with van der Waals surface area (Å²) in [5, 5.41) is 15.2. The summed E-state index contributed by atoms with van der Waals surface area (Å²) >= 11 is 5.80. The van der Waals surface area contributed by atoms with Crippen LogP contribution in [0.5, 0.6) is 5.75 Å². The predicted octanol–water partition coefficient (Wildman–Crippen LogP) is 3.87. The third kappa shape index (κ3) is 5.31. The maximum Gasteiger partial charge on any atom is 0.123 e. The molecule has 0 unspecified atom stereocenters. The first kappa shape index (κ1) is 19.4. The van der Waals surface area contributed by atoms with Crippen LogP contribution in [0.1, 0.15) is 21.5 Å². The van der Waals surface area contributed by atoms with Crippen molar-refractivity contribution in [2.45, 2.75) is 6.61 Å². The number of rotatable bonds is 7. The Labute approximate surface area is 166 Å². The fourth-order valence-electron chi connectivity index (χ4n) is 2.36. The highest BCUT2D eigenvalue weighted by Crippen LogP contribution is 2.20. The van der Waals surface area contributed by atoms with Gasteiger partial charge >= 0.3 is 0 Å². The van der Waals surface area contributed by atoms with Gasteiger partial charge in [-0.15, -0.1) is 0 Å². The average molecular weight is 398 g/mol. The summed E-state index contributed by atoms with van der Waals surface area (Å²) in [6.07, 6.45) is 1.57. The van der Waals surface area contributed by atoms with E-state index in [1.807, 2.05) is 12.1 Å². The van der Waals surface area contributed by atoms with E-state index in [1.54, 1.807) is 36.5 Å². The van der Waals surface area contributed by atoms with Crippen LogP contribution in [-0.4, -0.2) is 12.2 Å². The molecule has 0 aliphatic carbocycles. The first-order chi connectivity index (χ1) is 13.5. The number of nitrogens with zero attached hydrogens (tertiary/aromatic N) is 1. The number of carboxylic acid groups (broad SMARTS) is 1. The number of ether oxygens (including phenoxy) is 1. The molecule has 0 amide bonds. The van der Waals surface area contributed by atoms with Crippen molar-refractivity contribution in [3.8, 4) is 5.75 Å². The van der Waals surface area contributed by atoms with Crippen molar-refractivity contribution in [2.24, 2.45) is 5.10 Å². The molecule has 0 aromatic heterocycles. The summed E-state index contributed by atoms with van der Waals surface area (Å²) in [4.78, 5) is 11.0. The van der Waals surface area contributed by atoms with E-state index in [1.165, 1.54) is 24.3 Å². The van der Waals surface area contributed by atoms with E-state index in [4.69, 9.17) is 16.3 Å². The largest absolute Gasteiger partial charge is 0.545 e. The monoisotopic (exact) mass is 397 g/mol. The molecule has 0 spiro atoms. The summed E-state index contributed by atoms with van der Waals surface area (Å²) in [5.41, 5.74) is 4.72. The van der Waals surface area contributed by atoms with Crippen LogP contribution in [0.4, 0.5) is 10.1 Å². The summed E-state index contributed by atoms with van der Waals surface area (Å²) < 4.78 is 18.6. The van der Waals surface area contributed by atoms with Gasteiger partial charge in [-0.25, -0.2) is 4.39 Å². The maximum absolute atomic E-state index is 12.9. The van der Waals surface area contributed by atoms with Gasteiger partial charge in [0.1, 0.15) is 18.2 Å². The Balaban J connectivity index is 1.61. The number of carbonyl (C=O) groups is 1. The topological polar surface area (TPSA) is 73.8 Å². The first-order valence-corrected chi connectivity index (χ1v) is 8.66. The first-order valence-electron chi connectivity index (χ1n) is 8.28. The molecule has 1 N–H and O–H groups in total. The van der Waals surface area contributed by atoms with E-state index in [2.05, 4.69) is 10.5 Å². The van der Waals surface area contributed by atoms with Gasteiger partial charge in [-0.1, -0.05) is 35.9 Å². The molecule has 0 bridgehead atoms. The second kappa shape index (κ2) is 9.01. The lowest BCUT2D eigenvalue weighted by Gasteiger charge is -2.08. The van der Waals surface area contributed by atoms with Gasteiger partial charge in [0.05, 0.1) is 17.9 Å². The number of hydrogen-bond donors (Lipinski definition) is 1. The molecule has 0 aliphatic rings. The van der Waals surface area contributed by atoms with Crippen molar-refractivity contribution < 1.29 is 19.0 Å². The van der Waals surface area contributed by atoms with E-state index >= 15 is 0 Å². The van der Waals surface area contributed by atoms with Gasteiger partial charge in [0.25, 0.3) is 0 Å². The van der Waals surface area contributed by atoms with Crippen LogP contribution in [0.3, 0.4) is 0 Å². The highest BCUT2D eigenvalue weighted by molar-refractivity contribution is 6.33. The molecule has 0 aliphatic heterocycles. The van der Waals surface area contributed by atoms with Crippen LogP contribution >= 0.6 is 11.6 Å². The molecule has 0 atom stereocenters. The second-order valence-electron chi connectivity index (χ2n) is 5.84. The van der Waals surface area contributed by atoms with Gasteiger partial charge in [-0.2, -0.15) is 5.10 Å². The molecule has 0 radical (unpaired) electrons. The zero-order valence-electron chi connectivity index (χ0n) is 14.6. The third-order valence-corrected chi connectivity index (χ3v) is 4.10. The number of nitrogens with one attached hydrogen (secondary N) is 1. The van der Waals surface area contributed by atoms with E-state index < -0.39 is 5.97 Å². The highest BCUT2D eigenvalue weighted by atomic mass is 35.5. The summed E-state index contributed by atoms with van der Waals surface area (Å²) in [5.74, 6) is -1.01. The lowest BCUT2D eigenvalue weighted by atomic mass is 10.2. The number of carbonyl (C=O) groups excluding carboxylic acids is 1. The highest BCUT2D eigenvalue weighted by Gasteiger charge is 2.02. The molecular weight excluding hydrogens is 383 g/mol. The molecule has 3 aromatic rings. The van der Waals surface area contributed by atoms with Gasteiger partial charge < -0.3 is 14.6 Å². The van der Waals surface area contributed by atoms with E-state index in [0.717, 1.165) is 11.1 Å². The predicted molar refractivity (Wildman–Crippen MR) is 104 cm³/mol. The number of benzene rings is 3. The molecule has 0 fully saturated rings. The van der Waals surface area contributed by atoms with Crippen molar-refractivity contribution in [1.29, 1.82) is 0 Å². The Morgan fingerprint density at radius 1 is 1.14 bits per heavy atom. The van der Waals surface area contributed by atoms with Gasteiger partial charge in [-0.05, 0) is 53.6 Å². The molecule has 3 rings (SSSR count). The molecule has 28 heavy (non-hydrogen) atoms. The number of halogens is 2. The van der Waals surface area contributed by atoms with Crippen LogP contribution in [-0.2, 0) is 6.61 Å². The molecule has 0 saturated carbocycles. The normalized spacial score (nSPS) is 10.8. The molecule has 0 saturated heterocycles. The van der Waals surface area contributed by atoms with Crippen LogP contribution in [0.2, 0.25) is 5.02 Å². The molecular formula is C21H15ClFN2O3-. The summed E-state index contributed by atoms with van der Waals surface area (Å²) in [7, 11) is 0. The standard InChI is InChI=1S/C21H16ClFN2O3/c22-20-9-8-17(11-19(20)21(26)27)25-24-12-15-2-1-3-18(10-15)28-13-14-4-6-16(23)7-5-14/h1-12,25H,13H2,(H,26,27)/p-1/b24-12-. The van der Waals surface area contributed by atoms with Crippen LogP contribution in [0, 0.1) is 5.82 Å². The van der Waals surface area contributed by atoms with Gasteiger partial charge in [0.2, 0.25) is 0 Å². The molecule has 3 aromatic carbocycles. The molecule has 0 heterocycles. The van der Waals surface area contributed by atoms with Crippen molar-refractivity contribution in [2.75, 3.05) is 5.43 Å². The van der Waals surface area contributed by atoms with Gasteiger partial charge in [0.15, 0.2) is 0 Å². The third-order valence-electron chi connectivity index (χ3n) is 3.77. The number of hydrazone groups is 1. The minimum absolute atomic E-state index is 0.0977. The van der Waals surface area contributed by atoms with Crippen molar-refractivity contribution in [3.63, 3.8) is 0 Å². The Morgan fingerprint density at radius 2 is 1.93 bits per heavy atom. The Kier molecular flexibility index (Phi) is 6.24. The lowest BCUT2D eigenvalue weighted by Crippen LogP contribution is -2.22. The van der Waals surface area contributed by atoms with Crippen molar-refractivity contribution >= 4 is 29.5 Å². The Hall–Kier alpha value is -3.38. The zero-order valence-corrected chi connectivity index (χ0v) is 15.3. The summed E-state index contributed by atoms with van der Waals surface area (Å²) in [6, 6.07) is 17.8. The van der Waals surface area contributed by atoms with E-state index in [-0.39, 0.29) is 16.4 Å². The zero-order chi connectivity index (χ0) is 19.9. The van der Waals surface area contributed by atoms with Crippen LogP contribution in [0.15, 0.2) is 71.8 Å². The Bertz CT molecular complexity index is 1010. The molecule has 142 valence electrons. The maximum atomic E-state index is 12.9. The van der Waals surface area contributed by atoms with Crippen molar-refractivity contribution in [3.05, 3.63) is 94.3 Å². The van der Waals surface area contributed by atoms with E-state index in [0.29, 0.717) is 18.0 Å². The van der Waals surface area contributed by atoms with Gasteiger partial charge in [-0.3, -0.25) is 5.43 Å². The lowest BCUT2D eigenvalue weighted by molar-refractivity contribution is -0.255.